The molecule has 0 radical (unpaired) electrons. The van der Waals surface area contributed by atoms with E-state index in [1.165, 1.54) is 24.8 Å². The van der Waals surface area contributed by atoms with Gasteiger partial charge in [0, 0.05) is 18.6 Å². The van der Waals surface area contributed by atoms with E-state index in [1.54, 1.807) is 0 Å². The molecular formula is C17H25N3. The summed E-state index contributed by atoms with van der Waals surface area (Å²) in [5.41, 5.74) is 2.05. The molecule has 0 bridgehead atoms. The van der Waals surface area contributed by atoms with E-state index >= 15 is 0 Å². The van der Waals surface area contributed by atoms with Crippen molar-refractivity contribution < 1.29 is 0 Å². The van der Waals surface area contributed by atoms with E-state index in [0.717, 1.165) is 25.2 Å². The minimum absolute atomic E-state index is 0.410. The van der Waals surface area contributed by atoms with Gasteiger partial charge in [-0.2, -0.15) is 5.26 Å². The monoisotopic (exact) mass is 271 g/mol. The van der Waals surface area contributed by atoms with Crippen molar-refractivity contribution >= 4 is 0 Å². The Hall–Kier alpha value is -1.37. The standard InChI is InChI=1S/C17H25N3/c1-3-11-20(17-5-4-10-19-13-17)14(2)16-8-6-15(12-18)7-9-16/h6-9,14,17,19H,3-5,10-11,13H2,1-2H3. The van der Waals surface area contributed by atoms with Crippen molar-refractivity contribution in [3.05, 3.63) is 35.4 Å². The summed E-state index contributed by atoms with van der Waals surface area (Å²) < 4.78 is 0. The topological polar surface area (TPSA) is 39.1 Å². The highest BCUT2D eigenvalue weighted by atomic mass is 15.2. The molecule has 2 rings (SSSR count). The smallest absolute Gasteiger partial charge is 0.0991 e. The second-order valence-corrected chi connectivity index (χ2v) is 5.65. The van der Waals surface area contributed by atoms with Gasteiger partial charge in [-0.1, -0.05) is 19.1 Å². The summed E-state index contributed by atoms with van der Waals surface area (Å²) in [7, 11) is 0. The summed E-state index contributed by atoms with van der Waals surface area (Å²) in [5, 5.41) is 12.4. The van der Waals surface area contributed by atoms with E-state index < -0.39 is 0 Å². The van der Waals surface area contributed by atoms with Crippen LogP contribution in [0.4, 0.5) is 0 Å². The third-order valence-corrected chi connectivity index (χ3v) is 4.24. The van der Waals surface area contributed by atoms with Crippen LogP contribution in [0.1, 0.15) is 50.3 Å². The molecule has 3 heteroatoms. The largest absolute Gasteiger partial charge is 0.315 e. The van der Waals surface area contributed by atoms with Gasteiger partial charge in [-0.3, -0.25) is 4.90 Å². The summed E-state index contributed by atoms with van der Waals surface area (Å²) in [5.74, 6) is 0. The number of nitriles is 1. The van der Waals surface area contributed by atoms with Crippen LogP contribution in [0.3, 0.4) is 0 Å². The summed E-state index contributed by atoms with van der Waals surface area (Å²) in [4.78, 5) is 2.62. The van der Waals surface area contributed by atoms with Gasteiger partial charge in [-0.05, 0) is 57.0 Å². The molecule has 1 aromatic rings. The van der Waals surface area contributed by atoms with Crippen LogP contribution in [0.2, 0.25) is 0 Å². The van der Waals surface area contributed by atoms with E-state index in [1.807, 2.05) is 12.1 Å². The number of benzene rings is 1. The first-order chi connectivity index (χ1) is 9.76. The Morgan fingerprint density at radius 2 is 2.15 bits per heavy atom. The average molecular weight is 271 g/mol. The van der Waals surface area contributed by atoms with Crippen molar-refractivity contribution in [2.45, 2.75) is 45.2 Å². The summed E-state index contributed by atoms with van der Waals surface area (Å²) in [6, 6.07) is 11.3. The fraction of sp³-hybridized carbons (Fsp3) is 0.588. The fourth-order valence-electron chi connectivity index (χ4n) is 3.09. The SMILES string of the molecule is CCCN(C1CCCNC1)C(C)c1ccc(C#N)cc1. The second kappa shape index (κ2) is 7.42. The van der Waals surface area contributed by atoms with Crippen LogP contribution in [0.15, 0.2) is 24.3 Å². The van der Waals surface area contributed by atoms with E-state index in [2.05, 4.69) is 42.3 Å². The van der Waals surface area contributed by atoms with Gasteiger partial charge in [0.2, 0.25) is 0 Å². The minimum atomic E-state index is 0.410. The van der Waals surface area contributed by atoms with Crippen molar-refractivity contribution in [2.75, 3.05) is 19.6 Å². The molecule has 1 saturated heterocycles. The van der Waals surface area contributed by atoms with Crippen molar-refractivity contribution in [1.29, 1.82) is 5.26 Å². The van der Waals surface area contributed by atoms with Crippen molar-refractivity contribution in [1.82, 2.24) is 10.2 Å². The van der Waals surface area contributed by atoms with Crippen LogP contribution in [-0.2, 0) is 0 Å². The number of nitrogens with zero attached hydrogens (tertiary/aromatic N) is 2. The van der Waals surface area contributed by atoms with Gasteiger partial charge in [-0.15, -0.1) is 0 Å². The Balaban J connectivity index is 2.12. The third kappa shape index (κ3) is 3.59. The van der Waals surface area contributed by atoms with Crippen LogP contribution in [-0.4, -0.2) is 30.6 Å². The fourth-order valence-corrected chi connectivity index (χ4v) is 3.09. The number of nitrogens with one attached hydrogen (secondary N) is 1. The predicted molar refractivity (Wildman–Crippen MR) is 82.5 cm³/mol. The molecule has 1 aliphatic rings. The predicted octanol–water partition coefficient (Wildman–Crippen LogP) is 3.08. The van der Waals surface area contributed by atoms with Crippen molar-refractivity contribution in [2.24, 2.45) is 0 Å². The van der Waals surface area contributed by atoms with Gasteiger partial charge >= 0.3 is 0 Å². The Kier molecular flexibility index (Phi) is 5.58. The molecule has 2 atom stereocenters. The van der Waals surface area contributed by atoms with Crippen LogP contribution in [0.25, 0.3) is 0 Å². The zero-order valence-corrected chi connectivity index (χ0v) is 12.6. The van der Waals surface area contributed by atoms with Crippen LogP contribution >= 0.6 is 0 Å². The number of hydrogen-bond donors (Lipinski definition) is 1. The molecule has 0 amide bonds. The molecule has 1 heterocycles. The van der Waals surface area contributed by atoms with E-state index in [9.17, 15) is 0 Å². The minimum Gasteiger partial charge on any atom is -0.315 e. The van der Waals surface area contributed by atoms with Gasteiger partial charge in [-0.25, -0.2) is 0 Å². The lowest BCUT2D eigenvalue weighted by molar-refractivity contribution is 0.120. The third-order valence-electron chi connectivity index (χ3n) is 4.24. The highest BCUT2D eigenvalue weighted by Gasteiger charge is 2.25. The summed E-state index contributed by atoms with van der Waals surface area (Å²) in [6.45, 7) is 7.91. The number of hydrogen-bond acceptors (Lipinski definition) is 3. The lowest BCUT2D eigenvalue weighted by atomic mass is 9.99. The van der Waals surface area contributed by atoms with Gasteiger partial charge < -0.3 is 5.32 Å². The summed E-state index contributed by atoms with van der Waals surface area (Å²) in [6.07, 6.45) is 3.73. The van der Waals surface area contributed by atoms with Crippen molar-refractivity contribution in [3.63, 3.8) is 0 Å². The first-order valence-electron chi connectivity index (χ1n) is 7.72. The summed E-state index contributed by atoms with van der Waals surface area (Å²) >= 11 is 0. The Bertz CT molecular complexity index is 440. The van der Waals surface area contributed by atoms with Gasteiger partial charge in [0.25, 0.3) is 0 Å². The first-order valence-corrected chi connectivity index (χ1v) is 7.72. The second-order valence-electron chi connectivity index (χ2n) is 5.65. The molecule has 20 heavy (non-hydrogen) atoms. The highest BCUT2D eigenvalue weighted by Crippen LogP contribution is 2.25. The normalized spacial score (nSPS) is 20.6. The molecule has 1 aromatic carbocycles. The molecule has 3 nitrogen and oxygen atoms in total. The molecule has 1 aliphatic heterocycles. The molecular weight excluding hydrogens is 246 g/mol. The number of piperidine rings is 1. The lowest BCUT2D eigenvalue weighted by Crippen LogP contribution is -2.47. The molecule has 2 unspecified atom stereocenters. The maximum Gasteiger partial charge on any atom is 0.0991 e. The lowest BCUT2D eigenvalue weighted by Gasteiger charge is -2.39. The number of rotatable bonds is 5. The molecule has 0 aliphatic carbocycles. The van der Waals surface area contributed by atoms with Crippen LogP contribution in [0.5, 0.6) is 0 Å². The zero-order valence-electron chi connectivity index (χ0n) is 12.6. The van der Waals surface area contributed by atoms with E-state index in [-0.39, 0.29) is 0 Å². The quantitative estimate of drug-likeness (QED) is 0.894. The molecule has 0 aromatic heterocycles. The Morgan fingerprint density at radius 3 is 2.70 bits per heavy atom. The van der Waals surface area contributed by atoms with Gasteiger partial charge in [0.15, 0.2) is 0 Å². The molecule has 0 spiro atoms. The molecule has 1 fully saturated rings. The van der Waals surface area contributed by atoms with Gasteiger partial charge in [0.05, 0.1) is 11.6 Å². The maximum absolute atomic E-state index is 8.90. The molecule has 0 saturated carbocycles. The highest BCUT2D eigenvalue weighted by molar-refractivity contribution is 5.32. The van der Waals surface area contributed by atoms with E-state index in [4.69, 9.17) is 5.26 Å². The van der Waals surface area contributed by atoms with Crippen LogP contribution < -0.4 is 5.32 Å². The Labute approximate surface area is 122 Å². The molecule has 1 N–H and O–H groups in total. The first kappa shape index (κ1) is 15.0. The zero-order chi connectivity index (χ0) is 14.4. The van der Waals surface area contributed by atoms with Gasteiger partial charge in [0.1, 0.15) is 0 Å². The van der Waals surface area contributed by atoms with Crippen LogP contribution in [0, 0.1) is 11.3 Å². The molecule has 108 valence electrons. The Morgan fingerprint density at radius 1 is 1.40 bits per heavy atom. The average Bonchev–Trinajstić information content (AvgIpc) is 2.53. The maximum atomic E-state index is 8.90. The van der Waals surface area contributed by atoms with Crippen molar-refractivity contribution in [3.8, 4) is 6.07 Å². The van der Waals surface area contributed by atoms with E-state index in [0.29, 0.717) is 12.1 Å².